The number of halogens is 1. The van der Waals surface area contributed by atoms with Gasteiger partial charge in [-0.3, -0.25) is 0 Å². The van der Waals surface area contributed by atoms with Crippen LogP contribution in [0.25, 0.3) is 5.57 Å². The lowest BCUT2D eigenvalue weighted by Crippen LogP contribution is -2.41. The SMILES string of the molecule is CBr.O=C(OCC(=CO)c1ccccc1)C1(O)c2ccccc2Oc2ccccc21. The van der Waals surface area contributed by atoms with E-state index in [2.05, 4.69) is 15.9 Å². The third kappa shape index (κ3) is 3.97. The minimum Gasteiger partial charge on any atom is -0.515 e. The van der Waals surface area contributed by atoms with Crippen molar-refractivity contribution in [3.05, 3.63) is 102 Å². The molecule has 1 aliphatic rings. The van der Waals surface area contributed by atoms with Crippen molar-refractivity contribution in [3.8, 4) is 11.5 Å². The van der Waals surface area contributed by atoms with Gasteiger partial charge in [0.25, 0.3) is 0 Å². The van der Waals surface area contributed by atoms with Gasteiger partial charge in [-0.15, -0.1) is 0 Å². The summed E-state index contributed by atoms with van der Waals surface area (Å²) in [7, 11) is 0. The van der Waals surface area contributed by atoms with E-state index in [0.717, 1.165) is 11.8 Å². The zero-order valence-electron chi connectivity index (χ0n) is 16.3. The molecule has 0 spiro atoms. The molecule has 0 fully saturated rings. The Morgan fingerprint density at radius 3 is 1.97 bits per heavy atom. The molecule has 154 valence electrons. The number of para-hydroxylation sites is 2. The Labute approximate surface area is 183 Å². The first-order valence-electron chi connectivity index (χ1n) is 9.17. The van der Waals surface area contributed by atoms with Crippen LogP contribution in [0.1, 0.15) is 16.7 Å². The molecule has 3 aromatic carbocycles. The number of fused-ring (bicyclic) bond motifs is 2. The lowest BCUT2D eigenvalue weighted by molar-refractivity contribution is -0.161. The Morgan fingerprint density at radius 2 is 1.43 bits per heavy atom. The number of carbonyl (C=O) groups is 1. The van der Waals surface area contributed by atoms with Crippen molar-refractivity contribution < 1.29 is 24.5 Å². The molecule has 0 bridgehead atoms. The number of aliphatic hydroxyl groups excluding tert-OH is 1. The Hall–Kier alpha value is -3.09. The molecule has 4 rings (SSSR count). The molecular formula is C24H21BrO5. The number of hydrogen-bond donors (Lipinski definition) is 2. The predicted molar refractivity (Wildman–Crippen MR) is 119 cm³/mol. The van der Waals surface area contributed by atoms with Gasteiger partial charge in [0.2, 0.25) is 5.60 Å². The fraction of sp³-hybridized carbons (Fsp3) is 0.125. The van der Waals surface area contributed by atoms with Crippen LogP contribution in [0.15, 0.2) is 85.1 Å². The van der Waals surface area contributed by atoms with Crippen LogP contribution in [0, 0.1) is 0 Å². The number of alkyl halides is 1. The maximum atomic E-state index is 13.1. The minimum atomic E-state index is -2.01. The molecule has 30 heavy (non-hydrogen) atoms. The van der Waals surface area contributed by atoms with E-state index in [9.17, 15) is 15.0 Å². The Bertz CT molecular complexity index is 1000. The molecule has 0 saturated carbocycles. The summed E-state index contributed by atoms with van der Waals surface area (Å²) < 4.78 is 11.3. The molecular weight excluding hydrogens is 448 g/mol. The zero-order chi connectivity index (χ0) is 21.6. The van der Waals surface area contributed by atoms with E-state index in [-0.39, 0.29) is 6.61 Å². The first-order valence-corrected chi connectivity index (χ1v) is 10.8. The third-order valence-corrected chi connectivity index (χ3v) is 4.73. The number of benzene rings is 3. The highest BCUT2D eigenvalue weighted by Gasteiger charge is 2.48. The number of rotatable bonds is 4. The second-order valence-corrected chi connectivity index (χ2v) is 6.40. The van der Waals surface area contributed by atoms with Crippen LogP contribution in [-0.2, 0) is 15.1 Å². The third-order valence-electron chi connectivity index (χ3n) is 4.73. The fourth-order valence-electron chi connectivity index (χ4n) is 3.29. The van der Waals surface area contributed by atoms with Gasteiger partial charge in [0.15, 0.2) is 0 Å². The van der Waals surface area contributed by atoms with E-state index in [0.29, 0.717) is 28.2 Å². The molecule has 1 aliphatic heterocycles. The van der Waals surface area contributed by atoms with Crippen molar-refractivity contribution in [1.82, 2.24) is 0 Å². The standard InChI is InChI=1S/C23H18O5.CH3Br/c24-14-17(16-8-2-1-3-9-16)15-27-22(25)23(26)18-10-4-6-12-20(18)28-21-13-7-5-11-19(21)23;1-2/h1-14,24,26H,15H2;1H3. The average molecular weight is 469 g/mol. The summed E-state index contributed by atoms with van der Waals surface area (Å²) in [4.78, 5) is 13.1. The van der Waals surface area contributed by atoms with Gasteiger partial charge in [-0.05, 0) is 23.5 Å². The van der Waals surface area contributed by atoms with Crippen LogP contribution in [0.5, 0.6) is 11.5 Å². The number of esters is 1. The van der Waals surface area contributed by atoms with E-state index < -0.39 is 11.6 Å². The maximum Gasteiger partial charge on any atom is 0.348 e. The topological polar surface area (TPSA) is 76.0 Å². The van der Waals surface area contributed by atoms with E-state index in [1.165, 1.54) is 0 Å². The quantitative estimate of drug-likeness (QED) is 0.313. The van der Waals surface area contributed by atoms with Gasteiger partial charge in [-0.25, -0.2) is 4.79 Å². The second-order valence-electron chi connectivity index (χ2n) is 6.40. The summed E-state index contributed by atoms with van der Waals surface area (Å²) in [6.45, 7) is -0.188. The Morgan fingerprint density at radius 1 is 0.933 bits per heavy atom. The smallest absolute Gasteiger partial charge is 0.348 e. The molecule has 2 N–H and O–H groups in total. The fourth-order valence-corrected chi connectivity index (χ4v) is 3.29. The first kappa shape index (κ1) is 21.6. The number of carbonyl (C=O) groups excluding carboxylic acids is 1. The molecule has 5 nitrogen and oxygen atoms in total. The van der Waals surface area contributed by atoms with Crippen LogP contribution in [0.3, 0.4) is 0 Å². The van der Waals surface area contributed by atoms with E-state index in [4.69, 9.17) is 9.47 Å². The van der Waals surface area contributed by atoms with Gasteiger partial charge in [-0.1, -0.05) is 82.7 Å². The van der Waals surface area contributed by atoms with Gasteiger partial charge in [-0.2, -0.15) is 0 Å². The molecule has 0 atom stereocenters. The lowest BCUT2D eigenvalue weighted by Gasteiger charge is -2.33. The summed E-state index contributed by atoms with van der Waals surface area (Å²) in [6, 6.07) is 22.7. The molecule has 0 saturated heterocycles. The van der Waals surface area contributed by atoms with Gasteiger partial charge < -0.3 is 19.7 Å². The number of aliphatic hydroxyl groups is 2. The van der Waals surface area contributed by atoms with Gasteiger partial charge in [0, 0.05) is 16.7 Å². The minimum absolute atomic E-state index is 0.188. The highest BCUT2D eigenvalue weighted by molar-refractivity contribution is 9.08. The van der Waals surface area contributed by atoms with E-state index in [1.54, 1.807) is 60.7 Å². The molecule has 1 heterocycles. The van der Waals surface area contributed by atoms with Crippen molar-refractivity contribution in [2.45, 2.75) is 5.60 Å². The van der Waals surface area contributed by atoms with E-state index in [1.807, 2.05) is 24.0 Å². The summed E-state index contributed by atoms with van der Waals surface area (Å²) in [5.74, 6) is 1.75. The maximum absolute atomic E-state index is 13.1. The molecule has 0 amide bonds. The summed E-state index contributed by atoms with van der Waals surface area (Å²) >= 11 is 2.94. The Balaban J connectivity index is 0.00000124. The van der Waals surface area contributed by atoms with Crippen molar-refractivity contribution in [2.24, 2.45) is 0 Å². The molecule has 0 radical (unpaired) electrons. The largest absolute Gasteiger partial charge is 0.515 e. The highest BCUT2D eigenvalue weighted by Crippen LogP contribution is 2.47. The lowest BCUT2D eigenvalue weighted by atomic mass is 9.83. The van der Waals surface area contributed by atoms with Crippen LogP contribution >= 0.6 is 15.9 Å². The van der Waals surface area contributed by atoms with Crippen LogP contribution in [0.2, 0.25) is 0 Å². The molecule has 0 aromatic heterocycles. The summed E-state index contributed by atoms with van der Waals surface area (Å²) in [5, 5.41) is 21.0. The van der Waals surface area contributed by atoms with Gasteiger partial charge in [0.05, 0.1) is 6.26 Å². The van der Waals surface area contributed by atoms with Crippen molar-refractivity contribution in [1.29, 1.82) is 0 Å². The Kier molecular flexibility index (Phi) is 6.92. The highest BCUT2D eigenvalue weighted by atomic mass is 79.9. The normalized spacial score (nSPS) is 13.6. The summed E-state index contributed by atoms with van der Waals surface area (Å²) in [6.07, 6.45) is 0.901. The van der Waals surface area contributed by atoms with E-state index >= 15 is 0 Å². The predicted octanol–water partition coefficient (Wildman–Crippen LogP) is 5.18. The second kappa shape index (κ2) is 9.61. The monoisotopic (exact) mass is 468 g/mol. The summed E-state index contributed by atoms with van der Waals surface area (Å²) in [5.41, 5.74) is -0.243. The molecule has 3 aromatic rings. The van der Waals surface area contributed by atoms with Crippen molar-refractivity contribution in [2.75, 3.05) is 12.4 Å². The number of hydrogen-bond acceptors (Lipinski definition) is 5. The number of ether oxygens (including phenoxy) is 2. The van der Waals surface area contributed by atoms with Crippen molar-refractivity contribution in [3.63, 3.8) is 0 Å². The van der Waals surface area contributed by atoms with Crippen LogP contribution in [-0.4, -0.2) is 28.6 Å². The van der Waals surface area contributed by atoms with Crippen LogP contribution in [0.4, 0.5) is 0 Å². The van der Waals surface area contributed by atoms with Crippen LogP contribution < -0.4 is 4.74 Å². The average Bonchev–Trinajstić information content (AvgIpc) is 2.81. The zero-order valence-corrected chi connectivity index (χ0v) is 17.9. The molecule has 0 aliphatic carbocycles. The molecule has 6 heteroatoms. The van der Waals surface area contributed by atoms with Gasteiger partial charge in [0.1, 0.15) is 18.1 Å². The first-order chi connectivity index (χ1) is 14.6. The van der Waals surface area contributed by atoms with Gasteiger partial charge >= 0.3 is 5.97 Å². The van der Waals surface area contributed by atoms with Crippen molar-refractivity contribution >= 4 is 27.5 Å². The molecule has 0 unspecified atom stereocenters.